The molecule has 0 spiro atoms. The summed E-state index contributed by atoms with van der Waals surface area (Å²) in [7, 11) is 0. The zero-order valence-electron chi connectivity index (χ0n) is 12.6. The first kappa shape index (κ1) is 16.9. The van der Waals surface area contributed by atoms with Gasteiger partial charge in [-0.1, -0.05) is 23.8 Å². The molecule has 0 unspecified atom stereocenters. The minimum Gasteiger partial charge on any atom is -0.385 e. The Balaban J connectivity index is 1.84. The maximum atomic E-state index is 12.6. The van der Waals surface area contributed by atoms with Gasteiger partial charge >= 0.3 is 6.18 Å². The number of nitrogens with one attached hydrogen (secondary N) is 2. The SMILES string of the molecule is Cc1ccc(NCCC(=O)Nc2cccc(C(F)(F)F)c2)cc1. The van der Waals surface area contributed by atoms with Crippen molar-refractivity contribution in [3.05, 3.63) is 59.7 Å². The van der Waals surface area contributed by atoms with Crippen molar-refractivity contribution in [3.8, 4) is 0 Å². The number of halogens is 3. The Morgan fingerprint density at radius 2 is 1.74 bits per heavy atom. The summed E-state index contributed by atoms with van der Waals surface area (Å²) >= 11 is 0. The molecule has 0 aliphatic heterocycles. The third-order valence-electron chi connectivity index (χ3n) is 3.21. The molecule has 0 aromatic heterocycles. The van der Waals surface area contributed by atoms with Crippen molar-refractivity contribution in [3.63, 3.8) is 0 Å². The molecule has 23 heavy (non-hydrogen) atoms. The number of rotatable bonds is 5. The van der Waals surface area contributed by atoms with Gasteiger partial charge in [0.25, 0.3) is 0 Å². The Morgan fingerprint density at radius 3 is 2.39 bits per heavy atom. The van der Waals surface area contributed by atoms with Crippen LogP contribution in [0.15, 0.2) is 48.5 Å². The van der Waals surface area contributed by atoms with Gasteiger partial charge in [-0.25, -0.2) is 0 Å². The summed E-state index contributed by atoms with van der Waals surface area (Å²) in [6.07, 6.45) is -4.27. The third-order valence-corrected chi connectivity index (χ3v) is 3.21. The number of hydrogen-bond acceptors (Lipinski definition) is 2. The topological polar surface area (TPSA) is 41.1 Å². The van der Waals surface area contributed by atoms with Gasteiger partial charge in [-0.2, -0.15) is 13.2 Å². The minimum atomic E-state index is -4.42. The fourth-order valence-corrected chi connectivity index (χ4v) is 1.99. The van der Waals surface area contributed by atoms with E-state index in [1.165, 1.54) is 12.1 Å². The largest absolute Gasteiger partial charge is 0.416 e. The molecule has 6 heteroatoms. The lowest BCUT2D eigenvalue weighted by molar-refractivity contribution is -0.137. The van der Waals surface area contributed by atoms with E-state index in [0.29, 0.717) is 6.54 Å². The smallest absolute Gasteiger partial charge is 0.385 e. The first-order valence-corrected chi connectivity index (χ1v) is 7.12. The lowest BCUT2D eigenvalue weighted by Crippen LogP contribution is -2.16. The van der Waals surface area contributed by atoms with E-state index in [-0.39, 0.29) is 18.0 Å². The van der Waals surface area contributed by atoms with E-state index in [0.717, 1.165) is 23.4 Å². The number of carbonyl (C=O) groups excluding carboxylic acids is 1. The number of anilines is 2. The third kappa shape index (κ3) is 5.32. The Kier molecular flexibility index (Phi) is 5.26. The van der Waals surface area contributed by atoms with Crippen LogP contribution in [0.3, 0.4) is 0 Å². The minimum absolute atomic E-state index is 0.139. The molecule has 3 nitrogen and oxygen atoms in total. The highest BCUT2D eigenvalue weighted by molar-refractivity contribution is 5.91. The quantitative estimate of drug-likeness (QED) is 0.853. The Hall–Kier alpha value is -2.50. The molecule has 2 rings (SSSR count). The molecule has 1 amide bonds. The summed E-state index contributed by atoms with van der Waals surface area (Å²) in [4.78, 5) is 11.8. The molecule has 0 radical (unpaired) electrons. The highest BCUT2D eigenvalue weighted by Gasteiger charge is 2.30. The average molecular weight is 322 g/mol. The first-order chi connectivity index (χ1) is 10.8. The van der Waals surface area contributed by atoms with Crippen LogP contribution in [0.25, 0.3) is 0 Å². The van der Waals surface area contributed by atoms with E-state index in [1.807, 2.05) is 31.2 Å². The number of benzene rings is 2. The Morgan fingerprint density at radius 1 is 1.04 bits per heavy atom. The summed E-state index contributed by atoms with van der Waals surface area (Å²) in [5, 5.41) is 5.55. The van der Waals surface area contributed by atoms with Crippen LogP contribution >= 0.6 is 0 Å². The molecule has 0 heterocycles. The first-order valence-electron chi connectivity index (χ1n) is 7.12. The van der Waals surface area contributed by atoms with Gasteiger partial charge in [0.05, 0.1) is 5.56 Å². The molecule has 0 fully saturated rings. The van der Waals surface area contributed by atoms with Crippen molar-refractivity contribution in [2.24, 2.45) is 0 Å². The summed E-state index contributed by atoms with van der Waals surface area (Å²) in [6.45, 7) is 2.38. The number of hydrogen-bond donors (Lipinski definition) is 2. The molecule has 0 aliphatic carbocycles. The van der Waals surface area contributed by atoms with Crippen LogP contribution in [-0.2, 0) is 11.0 Å². The summed E-state index contributed by atoms with van der Waals surface area (Å²) in [5.41, 5.74) is 1.38. The molecule has 0 saturated heterocycles. The van der Waals surface area contributed by atoms with Crippen molar-refractivity contribution in [2.45, 2.75) is 19.5 Å². The van der Waals surface area contributed by atoms with Gasteiger partial charge in [-0.3, -0.25) is 4.79 Å². The summed E-state index contributed by atoms with van der Waals surface area (Å²) in [6, 6.07) is 12.3. The van der Waals surface area contributed by atoms with Gasteiger partial charge in [0, 0.05) is 24.3 Å². The predicted octanol–water partition coefficient (Wildman–Crippen LogP) is 4.45. The normalized spacial score (nSPS) is 11.1. The van der Waals surface area contributed by atoms with Crippen molar-refractivity contribution >= 4 is 17.3 Å². The molecule has 122 valence electrons. The predicted molar refractivity (Wildman–Crippen MR) is 84.4 cm³/mol. The number of alkyl halides is 3. The zero-order valence-corrected chi connectivity index (χ0v) is 12.6. The van der Waals surface area contributed by atoms with Gasteiger partial charge in [0.1, 0.15) is 0 Å². The van der Waals surface area contributed by atoms with Gasteiger partial charge in [-0.05, 0) is 37.3 Å². The standard InChI is InChI=1S/C17H17F3N2O/c1-12-5-7-14(8-6-12)21-10-9-16(23)22-15-4-2-3-13(11-15)17(18,19)20/h2-8,11,21H,9-10H2,1H3,(H,22,23). The van der Waals surface area contributed by atoms with Gasteiger partial charge in [-0.15, -0.1) is 0 Å². The van der Waals surface area contributed by atoms with Gasteiger partial charge < -0.3 is 10.6 Å². The molecule has 2 aromatic rings. The second kappa shape index (κ2) is 7.17. The van der Waals surface area contributed by atoms with Gasteiger partial charge in [0.2, 0.25) is 5.91 Å². The van der Waals surface area contributed by atoms with E-state index >= 15 is 0 Å². The number of amides is 1. The van der Waals surface area contributed by atoms with Crippen molar-refractivity contribution in [2.75, 3.05) is 17.2 Å². The van der Waals surface area contributed by atoms with E-state index in [4.69, 9.17) is 0 Å². The van der Waals surface area contributed by atoms with E-state index in [2.05, 4.69) is 10.6 Å². The molecule has 0 saturated carbocycles. The van der Waals surface area contributed by atoms with Crippen LogP contribution in [0.1, 0.15) is 17.5 Å². The summed E-state index contributed by atoms with van der Waals surface area (Å²) in [5.74, 6) is -0.344. The molecular weight excluding hydrogens is 305 g/mol. The highest BCUT2D eigenvalue weighted by Crippen LogP contribution is 2.30. The highest BCUT2D eigenvalue weighted by atomic mass is 19.4. The monoisotopic (exact) mass is 322 g/mol. The zero-order chi connectivity index (χ0) is 16.9. The van der Waals surface area contributed by atoms with E-state index < -0.39 is 11.7 Å². The Labute approximate surface area is 132 Å². The molecule has 0 bridgehead atoms. The van der Waals surface area contributed by atoms with Crippen LogP contribution in [0.4, 0.5) is 24.5 Å². The fraction of sp³-hybridized carbons (Fsp3) is 0.235. The van der Waals surface area contributed by atoms with Crippen LogP contribution in [0.2, 0.25) is 0 Å². The second-order valence-corrected chi connectivity index (χ2v) is 5.17. The van der Waals surface area contributed by atoms with Crippen molar-refractivity contribution in [1.29, 1.82) is 0 Å². The van der Waals surface area contributed by atoms with E-state index in [9.17, 15) is 18.0 Å². The lowest BCUT2D eigenvalue weighted by Gasteiger charge is -2.10. The van der Waals surface area contributed by atoms with Crippen molar-refractivity contribution in [1.82, 2.24) is 0 Å². The van der Waals surface area contributed by atoms with Crippen LogP contribution in [0, 0.1) is 6.92 Å². The molecule has 2 aromatic carbocycles. The molecular formula is C17H17F3N2O. The molecule has 2 N–H and O–H groups in total. The molecule has 0 atom stereocenters. The summed E-state index contributed by atoms with van der Waals surface area (Å²) < 4.78 is 37.8. The number of carbonyl (C=O) groups is 1. The van der Waals surface area contributed by atoms with Crippen LogP contribution in [-0.4, -0.2) is 12.5 Å². The maximum Gasteiger partial charge on any atom is 0.416 e. The van der Waals surface area contributed by atoms with Crippen LogP contribution < -0.4 is 10.6 Å². The van der Waals surface area contributed by atoms with Crippen LogP contribution in [0.5, 0.6) is 0 Å². The second-order valence-electron chi connectivity index (χ2n) is 5.17. The Bertz CT molecular complexity index is 666. The van der Waals surface area contributed by atoms with Gasteiger partial charge in [0.15, 0.2) is 0 Å². The molecule has 0 aliphatic rings. The van der Waals surface area contributed by atoms with Crippen molar-refractivity contribution < 1.29 is 18.0 Å². The van der Waals surface area contributed by atoms with E-state index in [1.54, 1.807) is 0 Å². The fourth-order valence-electron chi connectivity index (χ4n) is 1.99. The lowest BCUT2D eigenvalue weighted by atomic mass is 10.2. The average Bonchev–Trinajstić information content (AvgIpc) is 2.49. The maximum absolute atomic E-state index is 12.6. The number of aryl methyl sites for hydroxylation is 1.